The summed E-state index contributed by atoms with van der Waals surface area (Å²) in [7, 11) is 0. The minimum absolute atomic E-state index is 0.231. The van der Waals surface area contributed by atoms with E-state index in [0.717, 1.165) is 16.0 Å². The summed E-state index contributed by atoms with van der Waals surface area (Å²) in [6, 6.07) is 3.72. The van der Waals surface area contributed by atoms with Crippen molar-refractivity contribution in [3.63, 3.8) is 0 Å². The molecule has 0 fully saturated rings. The number of hydrogen-bond donors (Lipinski definition) is 0. The van der Waals surface area contributed by atoms with Crippen molar-refractivity contribution in [2.75, 3.05) is 0 Å². The van der Waals surface area contributed by atoms with Crippen molar-refractivity contribution in [2.24, 2.45) is 0 Å². The lowest BCUT2D eigenvalue weighted by Gasteiger charge is -2.04. The van der Waals surface area contributed by atoms with Crippen LogP contribution >= 0.6 is 0 Å². The maximum atomic E-state index is 11.2. The molecule has 2 rings (SSSR count). The molecule has 0 N–H and O–H groups in total. The summed E-state index contributed by atoms with van der Waals surface area (Å²) < 4.78 is 5.17. The smallest absolute Gasteiger partial charge is 0.310 e. The molecule has 15 heavy (non-hydrogen) atoms. The van der Waals surface area contributed by atoms with Crippen LogP contribution in [0.25, 0.3) is 18.7 Å². The van der Waals surface area contributed by atoms with Crippen molar-refractivity contribution >= 4 is 24.7 Å². The summed E-state index contributed by atoms with van der Waals surface area (Å²) >= 11 is 0. The minimum Gasteiger partial charge on any atom is -0.426 e. The number of benzene rings is 1. The Labute approximate surface area is 88.2 Å². The quantitative estimate of drug-likeness (QED) is 0.530. The molecule has 0 unspecified atom stereocenters. The number of esters is 1. The number of carbonyl (C=O) groups excluding carboxylic acids is 1. The van der Waals surface area contributed by atoms with E-state index in [4.69, 9.17) is 4.74 Å². The first-order chi connectivity index (χ1) is 7.22. The maximum absolute atomic E-state index is 11.2. The van der Waals surface area contributed by atoms with Crippen LogP contribution in [-0.4, -0.2) is 5.97 Å². The zero-order valence-electron chi connectivity index (χ0n) is 8.62. The van der Waals surface area contributed by atoms with Crippen molar-refractivity contribution in [1.82, 2.24) is 0 Å². The highest BCUT2D eigenvalue weighted by Gasteiger charge is 2.05. The Morgan fingerprint density at radius 3 is 3.00 bits per heavy atom. The van der Waals surface area contributed by atoms with Gasteiger partial charge in [0.25, 0.3) is 0 Å². The first-order valence-electron chi connectivity index (χ1n) is 4.93. The van der Waals surface area contributed by atoms with Gasteiger partial charge in [0.15, 0.2) is 0 Å². The summed E-state index contributed by atoms with van der Waals surface area (Å²) in [5.41, 5.74) is 1.12. The van der Waals surface area contributed by atoms with Crippen LogP contribution in [0, 0.1) is 0 Å². The van der Waals surface area contributed by atoms with E-state index < -0.39 is 0 Å². The Kier molecular flexibility index (Phi) is 2.42. The molecule has 1 aliphatic rings. The van der Waals surface area contributed by atoms with Crippen LogP contribution in [0.15, 0.2) is 18.2 Å². The third-order valence-corrected chi connectivity index (χ3v) is 2.40. The van der Waals surface area contributed by atoms with Gasteiger partial charge in [0, 0.05) is 11.6 Å². The molecule has 0 heterocycles. The second kappa shape index (κ2) is 3.73. The molecular weight excluding hydrogens is 188 g/mol. The van der Waals surface area contributed by atoms with E-state index >= 15 is 0 Å². The molecule has 2 heteroatoms. The van der Waals surface area contributed by atoms with Gasteiger partial charge in [-0.3, -0.25) is 4.79 Å². The van der Waals surface area contributed by atoms with E-state index in [2.05, 4.69) is 6.58 Å². The zero-order chi connectivity index (χ0) is 10.8. The van der Waals surface area contributed by atoms with Crippen molar-refractivity contribution < 1.29 is 9.53 Å². The van der Waals surface area contributed by atoms with Gasteiger partial charge in [-0.2, -0.15) is 0 Å². The second-order valence-electron chi connectivity index (χ2n) is 3.40. The lowest BCUT2D eigenvalue weighted by molar-refractivity contribution is -0.134. The normalized spacial score (nSPS) is 12.1. The fourth-order valence-corrected chi connectivity index (χ4v) is 1.54. The van der Waals surface area contributed by atoms with Crippen molar-refractivity contribution in [1.29, 1.82) is 0 Å². The molecule has 0 bridgehead atoms. The van der Waals surface area contributed by atoms with Crippen molar-refractivity contribution in [3.05, 3.63) is 34.2 Å². The van der Waals surface area contributed by atoms with Crippen LogP contribution in [0.4, 0.5) is 0 Å². The molecule has 1 aliphatic carbocycles. The Balaban J connectivity index is 2.45. The van der Waals surface area contributed by atoms with E-state index in [9.17, 15) is 4.79 Å². The Hall–Kier alpha value is -1.83. The average Bonchev–Trinajstić information content (AvgIpc) is 2.70. The topological polar surface area (TPSA) is 26.3 Å². The Morgan fingerprint density at radius 2 is 2.27 bits per heavy atom. The number of allylic oxidation sites excluding steroid dienone is 1. The number of hydrogen-bond acceptors (Lipinski definition) is 2. The number of fused-ring (bicyclic) bond motifs is 1. The Morgan fingerprint density at radius 1 is 1.47 bits per heavy atom. The van der Waals surface area contributed by atoms with E-state index in [1.54, 1.807) is 13.0 Å². The van der Waals surface area contributed by atoms with Gasteiger partial charge in [-0.1, -0.05) is 37.8 Å². The first kappa shape index (κ1) is 9.71. The minimum atomic E-state index is -0.231. The van der Waals surface area contributed by atoms with Crippen molar-refractivity contribution in [3.8, 4) is 5.75 Å². The summed E-state index contributed by atoms with van der Waals surface area (Å²) in [6.07, 6.45) is 6.32. The predicted octanol–water partition coefficient (Wildman–Crippen LogP) is 1.22. The average molecular weight is 200 g/mol. The molecule has 0 saturated carbocycles. The maximum Gasteiger partial charge on any atom is 0.310 e. The van der Waals surface area contributed by atoms with Crippen LogP contribution in [0.3, 0.4) is 0 Å². The van der Waals surface area contributed by atoms with Crippen LogP contribution in [-0.2, 0) is 4.79 Å². The lowest BCUT2D eigenvalue weighted by atomic mass is 10.1. The third-order valence-electron chi connectivity index (χ3n) is 2.40. The summed E-state index contributed by atoms with van der Waals surface area (Å²) in [5, 5.41) is 1.82. The highest BCUT2D eigenvalue weighted by molar-refractivity contribution is 5.73. The van der Waals surface area contributed by atoms with Gasteiger partial charge < -0.3 is 4.74 Å². The van der Waals surface area contributed by atoms with Gasteiger partial charge >= 0.3 is 5.97 Å². The van der Waals surface area contributed by atoms with Gasteiger partial charge in [0.1, 0.15) is 5.75 Å². The zero-order valence-corrected chi connectivity index (χ0v) is 8.62. The molecule has 0 aliphatic heterocycles. The van der Waals surface area contributed by atoms with Crippen molar-refractivity contribution in [2.45, 2.75) is 13.3 Å². The van der Waals surface area contributed by atoms with Crippen LogP contribution in [0.5, 0.6) is 5.75 Å². The number of ether oxygens (including phenoxy) is 1. The van der Waals surface area contributed by atoms with Gasteiger partial charge in [0.05, 0.1) is 0 Å². The van der Waals surface area contributed by atoms with Gasteiger partial charge in [-0.15, -0.1) is 0 Å². The van der Waals surface area contributed by atoms with Gasteiger partial charge in [-0.25, -0.2) is 0 Å². The highest BCUT2D eigenvalue weighted by atomic mass is 16.5. The molecule has 0 radical (unpaired) electrons. The lowest BCUT2D eigenvalue weighted by Crippen LogP contribution is -2.27. The molecule has 1 aromatic carbocycles. The molecule has 0 aromatic heterocycles. The van der Waals surface area contributed by atoms with Gasteiger partial charge in [-0.05, 0) is 16.8 Å². The largest absolute Gasteiger partial charge is 0.426 e. The van der Waals surface area contributed by atoms with Crippen LogP contribution in [0.1, 0.15) is 18.9 Å². The molecule has 76 valence electrons. The van der Waals surface area contributed by atoms with Crippen LogP contribution < -0.4 is 15.2 Å². The SMILES string of the molecule is C=c1c(OC(=O)CC)ccc2c1=CC=C2. The van der Waals surface area contributed by atoms with E-state index in [1.807, 2.05) is 24.3 Å². The predicted molar refractivity (Wildman–Crippen MR) is 60.6 cm³/mol. The van der Waals surface area contributed by atoms with E-state index in [-0.39, 0.29) is 5.97 Å². The molecule has 2 nitrogen and oxygen atoms in total. The standard InChI is InChI=1S/C13H12O2/c1-3-13(14)15-12-8-7-10-5-4-6-11(10)9(12)2/h4-8H,2-3H2,1H3. The van der Waals surface area contributed by atoms with E-state index in [0.29, 0.717) is 12.2 Å². The fraction of sp³-hybridized carbons (Fsp3) is 0.154. The third kappa shape index (κ3) is 1.71. The first-order valence-corrected chi connectivity index (χ1v) is 4.93. The molecular formula is C13H12O2. The number of carbonyl (C=O) groups is 1. The molecule has 0 amide bonds. The fourth-order valence-electron chi connectivity index (χ4n) is 1.54. The molecule has 0 spiro atoms. The van der Waals surface area contributed by atoms with Gasteiger partial charge in [0.2, 0.25) is 0 Å². The monoisotopic (exact) mass is 200 g/mol. The molecule has 0 atom stereocenters. The molecule has 0 saturated heterocycles. The summed E-state index contributed by atoms with van der Waals surface area (Å²) in [6.45, 7) is 5.70. The number of rotatable bonds is 2. The second-order valence-corrected chi connectivity index (χ2v) is 3.40. The van der Waals surface area contributed by atoms with E-state index in [1.165, 1.54) is 0 Å². The molecule has 1 aromatic rings. The summed E-state index contributed by atoms with van der Waals surface area (Å²) in [5.74, 6) is 0.325. The Bertz CT molecular complexity index is 538. The highest BCUT2D eigenvalue weighted by Crippen LogP contribution is 2.07. The summed E-state index contributed by atoms with van der Waals surface area (Å²) in [4.78, 5) is 11.2. The van der Waals surface area contributed by atoms with Crippen LogP contribution in [0.2, 0.25) is 0 Å².